The van der Waals surface area contributed by atoms with Gasteiger partial charge in [0.25, 0.3) is 0 Å². The lowest BCUT2D eigenvalue weighted by atomic mass is 10.2. The summed E-state index contributed by atoms with van der Waals surface area (Å²) in [6.07, 6.45) is 4.22. The Morgan fingerprint density at radius 1 is 1.00 bits per heavy atom. The van der Waals surface area contributed by atoms with Crippen LogP contribution in [0.2, 0.25) is 0 Å². The lowest BCUT2D eigenvalue weighted by molar-refractivity contribution is 0.520. The van der Waals surface area contributed by atoms with E-state index >= 15 is 0 Å². The fourth-order valence-electron chi connectivity index (χ4n) is 0.802. The Morgan fingerprint density at radius 3 is 1.56 bits per heavy atom. The van der Waals surface area contributed by atoms with Gasteiger partial charge in [-0.3, -0.25) is 0 Å². The summed E-state index contributed by atoms with van der Waals surface area (Å²) in [6.45, 7) is 2.50. The summed E-state index contributed by atoms with van der Waals surface area (Å²) in [6, 6.07) is 0. The van der Waals surface area contributed by atoms with Crippen LogP contribution < -0.4 is 5.32 Å². The summed E-state index contributed by atoms with van der Waals surface area (Å²) in [7, 11) is 1.86. The quantitative estimate of drug-likeness (QED) is 0.431. The lowest BCUT2D eigenvalue weighted by Gasteiger charge is -2.08. The lowest BCUT2D eigenvalue weighted by Crippen LogP contribution is -2.21. The van der Waals surface area contributed by atoms with Gasteiger partial charge in [-0.05, 0) is 25.9 Å². The first-order valence-corrected chi connectivity index (χ1v) is 5.16. The molecule has 0 unspecified atom stereocenters. The Balaban J connectivity index is 0.000000187. The van der Waals surface area contributed by atoms with Gasteiger partial charge in [0.05, 0.1) is 0 Å². The fraction of sp³-hybridized carbons (Fsp3) is 1.00. The zero-order valence-corrected chi connectivity index (χ0v) is 10.4. The molecule has 1 saturated heterocycles. The van der Waals surface area contributed by atoms with Crippen molar-refractivity contribution in [2.45, 2.75) is 19.3 Å². The van der Waals surface area contributed by atoms with Crippen LogP contribution >= 0.6 is 0 Å². The van der Waals surface area contributed by atoms with Gasteiger partial charge in [-0.2, -0.15) is 0 Å². The molecule has 0 bridgehead atoms. The average Bonchev–Trinajstić information content (AvgIpc) is 1.93. The monoisotopic (exact) mass is 163 g/mol. The molecule has 0 saturated carbocycles. The summed E-state index contributed by atoms with van der Waals surface area (Å²) in [5.41, 5.74) is 0. The maximum absolute atomic E-state index is 4.53. The Kier molecular flexibility index (Phi) is 8.68. The summed E-state index contributed by atoms with van der Waals surface area (Å²) < 4.78 is 4.53. The van der Waals surface area contributed by atoms with Gasteiger partial charge < -0.3 is 9.43 Å². The molecule has 4 heteroatoms. The largest absolute Gasteiger partial charge is 0.471 e. The van der Waals surface area contributed by atoms with E-state index in [1.807, 2.05) is 0 Å². The number of piperidine rings is 1. The zero-order valence-electron chi connectivity index (χ0n) is 6.44. The van der Waals surface area contributed by atoms with Crippen LogP contribution in [0.15, 0.2) is 0 Å². The Hall–Kier alpha value is 0.354. The van der Waals surface area contributed by atoms with Gasteiger partial charge in [0, 0.05) is 0 Å². The highest BCUT2D eigenvalue weighted by Crippen LogP contribution is 1.96. The minimum absolute atomic E-state index is 0.931. The predicted octanol–water partition coefficient (Wildman–Crippen LogP) is -1.68. The van der Waals surface area contributed by atoms with Crippen LogP contribution in [0, 0.1) is 0 Å². The maximum atomic E-state index is 4.53. The summed E-state index contributed by atoms with van der Waals surface area (Å²) in [5, 5.41) is 3.28. The standard InChI is InChI=1S/C5H11N.H6OSi2/c1-2-4-6-5-3-1;2-1-3/h6H,1-5H2;2-3H3. The van der Waals surface area contributed by atoms with Crippen molar-refractivity contribution >= 4 is 21.0 Å². The van der Waals surface area contributed by atoms with E-state index in [1.54, 1.807) is 0 Å². The highest BCUT2D eigenvalue weighted by Gasteiger charge is 1.93. The fourth-order valence-corrected chi connectivity index (χ4v) is 0.802. The molecule has 0 atom stereocenters. The van der Waals surface area contributed by atoms with Crippen molar-refractivity contribution in [1.29, 1.82) is 0 Å². The van der Waals surface area contributed by atoms with Crippen molar-refractivity contribution in [3.63, 3.8) is 0 Å². The van der Waals surface area contributed by atoms with Crippen LogP contribution in [0.1, 0.15) is 19.3 Å². The van der Waals surface area contributed by atoms with Gasteiger partial charge in [-0.15, -0.1) is 0 Å². The topological polar surface area (TPSA) is 21.3 Å². The molecule has 0 radical (unpaired) electrons. The van der Waals surface area contributed by atoms with E-state index in [0.29, 0.717) is 0 Å². The highest BCUT2D eigenvalue weighted by atomic mass is 28.3. The molecule has 0 aliphatic carbocycles. The third-order valence-corrected chi connectivity index (χ3v) is 1.21. The van der Waals surface area contributed by atoms with Crippen molar-refractivity contribution in [2.24, 2.45) is 0 Å². The molecule has 1 aliphatic rings. The Morgan fingerprint density at radius 2 is 1.44 bits per heavy atom. The van der Waals surface area contributed by atoms with Crippen LogP contribution in [0.5, 0.6) is 0 Å². The molecule has 1 N–H and O–H groups in total. The smallest absolute Gasteiger partial charge is 0.129 e. The highest BCUT2D eigenvalue weighted by molar-refractivity contribution is 6.15. The van der Waals surface area contributed by atoms with Crippen LogP contribution in [0.3, 0.4) is 0 Å². The van der Waals surface area contributed by atoms with E-state index in [9.17, 15) is 0 Å². The summed E-state index contributed by atoms with van der Waals surface area (Å²) >= 11 is 0. The first-order valence-electron chi connectivity index (χ1n) is 3.52. The number of nitrogens with one attached hydrogen (secondary N) is 1. The molecular formula is C5H17NOSi2. The molecular weight excluding hydrogens is 146 g/mol. The minimum atomic E-state index is 0.931. The van der Waals surface area contributed by atoms with Crippen molar-refractivity contribution in [2.75, 3.05) is 13.1 Å². The van der Waals surface area contributed by atoms with Crippen LogP contribution in [0.25, 0.3) is 0 Å². The molecule has 0 spiro atoms. The first-order chi connectivity index (χ1) is 4.41. The van der Waals surface area contributed by atoms with Gasteiger partial charge in [-0.1, -0.05) is 6.42 Å². The predicted molar refractivity (Wildman–Crippen MR) is 47.7 cm³/mol. The molecule has 1 fully saturated rings. The molecule has 1 aliphatic heterocycles. The summed E-state index contributed by atoms with van der Waals surface area (Å²) in [4.78, 5) is 0. The van der Waals surface area contributed by atoms with E-state index in [2.05, 4.69) is 9.43 Å². The number of hydrogen-bond acceptors (Lipinski definition) is 2. The van der Waals surface area contributed by atoms with E-state index < -0.39 is 0 Å². The van der Waals surface area contributed by atoms with Crippen molar-refractivity contribution in [3.05, 3.63) is 0 Å². The molecule has 56 valence electrons. The molecule has 2 nitrogen and oxygen atoms in total. The molecule has 0 aromatic carbocycles. The molecule has 0 aromatic rings. The first kappa shape index (κ1) is 9.35. The van der Waals surface area contributed by atoms with Gasteiger partial charge in [0.1, 0.15) is 21.0 Å². The second-order valence-corrected chi connectivity index (χ2v) is 5.48. The number of hydrogen-bond donors (Lipinski definition) is 1. The normalized spacial score (nSPS) is 18.7. The van der Waals surface area contributed by atoms with Crippen molar-refractivity contribution < 1.29 is 4.12 Å². The van der Waals surface area contributed by atoms with Gasteiger partial charge in [0.15, 0.2) is 0 Å². The zero-order chi connectivity index (χ0) is 6.95. The molecule has 1 heterocycles. The molecule has 0 aromatic heterocycles. The maximum Gasteiger partial charge on any atom is 0.129 e. The van der Waals surface area contributed by atoms with Crippen LogP contribution in [-0.4, -0.2) is 34.1 Å². The summed E-state index contributed by atoms with van der Waals surface area (Å²) in [5.74, 6) is 0. The van der Waals surface area contributed by atoms with Crippen molar-refractivity contribution in [3.8, 4) is 0 Å². The second kappa shape index (κ2) is 8.35. The third kappa shape index (κ3) is 8.35. The van der Waals surface area contributed by atoms with E-state index in [4.69, 9.17) is 0 Å². The van der Waals surface area contributed by atoms with Gasteiger partial charge in [-0.25, -0.2) is 0 Å². The van der Waals surface area contributed by atoms with E-state index in [0.717, 1.165) is 21.0 Å². The van der Waals surface area contributed by atoms with Crippen LogP contribution in [-0.2, 0) is 4.12 Å². The Labute approximate surface area is 63.5 Å². The molecule has 1 rings (SSSR count). The van der Waals surface area contributed by atoms with E-state index in [1.165, 1.54) is 32.4 Å². The van der Waals surface area contributed by atoms with Crippen LogP contribution in [0.4, 0.5) is 0 Å². The third-order valence-electron chi connectivity index (χ3n) is 1.21. The van der Waals surface area contributed by atoms with Gasteiger partial charge in [0.2, 0.25) is 0 Å². The minimum Gasteiger partial charge on any atom is -0.471 e. The van der Waals surface area contributed by atoms with Crippen molar-refractivity contribution in [1.82, 2.24) is 5.32 Å². The van der Waals surface area contributed by atoms with E-state index in [-0.39, 0.29) is 0 Å². The second-order valence-electron chi connectivity index (χ2n) is 2.22. The average molecular weight is 163 g/mol. The SMILES string of the molecule is C1CCNCC1.[SiH3]O[SiH3]. The molecule has 0 amide bonds. The molecule has 9 heavy (non-hydrogen) atoms. The number of rotatable bonds is 0. The Bertz CT molecular complexity index is 38.7. The van der Waals surface area contributed by atoms with Gasteiger partial charge >= 0.3 is 0 Å².